The van der Waals surface area contributed by atoms with Gasteiger partial charge >= 0.3 is 0 Å². The van der Waals surface area contributed by atoms with Crippen molar-refractivity contribution in [2.24, 2.45) is 0 Å². The number of nitrogens with zero attached hydrogens (tertiary/aromatic N) is 2. The average molecular weight is 442 g/mol. The first-order valence-corrected chi connectivity index (χ1v) is 12.0. The molecule has 6 nitrogen and oxygen atoms in total. The molecule has 6 heteroatoms. The Kier molecular flexibility index (Phi) is 8.25. The molecule has 1 aromatic rings. The minimum absolute atomic E-state index is 0.0343. The highest BCUT2D eigenvalue weighted by Gasteiger charge is 2.25. The number of aryl methyl sites for hydroxylation is 2. The Labute approximate surface area is 192 Å². The second-order valence-corrected chi connectivity index (χ2v) is 9.21. The Hall–Kier alpha value is -1.86. The van der Waals surface area contributed by atoms with Crippen molar-refractivity contribution in [2.75, 3.05) is 39.5 Å². The van der Waals surface area contributed by atoms with Crippen molar-refractivity contribution in [1.82, 2.24) is 4.90 Å². The number of fused-ring (bicyclic) bond motifs is 1. The maximum absolute atomic E-state index is 10.7. The third-order valence-electron chi connectivity index (χ3n) is 6.44. The van der Waals surface area contributed by atoms with E-state index >= 15 is 0 Å². The number of allylic oxidation sites excluding steroid dienone is 2. The first kappa shape index (κ1) is 23.3. The van der Waals surface area contributed by atoms with Crippen LogP contribution < -0.4 is 4.74 Å². The Bertz CT molecular complexity index is 816. The normalized spacial score (nSPS) is 23.0. The summed E-state index contributed by atoms with van der Waals surface area (Å²) in [7, 11) is 0. The Morgan fingerprint density at radius 3 is 2.88 bits per heavy atom. The molecule has 2 aliphatic heterocycles. The number of hydrogen-bond acceptors (Lipinski definition) is 5. The van der Waals surface area contributed by atoms with Crippen LogP contribution in [-0.4, -0.2) is 67.8 Å². The highest BCUT2D eigenvalue weighted by Crippen LogP contribution is 2.30. The van der Waals surface area contributed by atoms with Crippen molar-refractivity contribution in [3.8, 4) is 5.75 Å². The molecule has 0 amide bonds. The minimum atomic E-state index is -0.725. The van der Waals surface area contributed by atoms with E-state index in [0.717, 1.165) is 49.5 Å². The Morgan fingerprint density at radius 2 is 2.03 bits per heavy atom. The summed E-state index contributed by atoms with van der Waals surface area (Å²) in [4.78, 5) is 2.47. The van der Waals surface area contributed by atoms with E-state index in [0.29, 0.717) is 26.2 Å². The molecular formula is C26H37N2O4-. The van der Waals surface area contributed by atoms with Crippen molar-refractivity contribution in [1.29, 1.82) is 0 Å². The van der Waals surface area contributed by atoms with Crippen LogP contribution >= 0.6 is 0 Å². The van der Waals surface area contributed by atoms with Gasteiger partial charge in [0.15, 0.2) is 0 Å². The van der Waals surface area contributed by atoms with E-state index in [-0.39, 0.29) is 12.1 Å². The fourth-order valence-corrected chi connectivity index (χ4v) is 4.68. The molecule has 1 aromatic carbocycles. The van der Waals surface area contributed by atoms with Gasteiger partial charge in [-0.1, -0.05) is 23.8 Å². The Morgan fingerprint density at radius 1 is 1.19 bits per heavy atom. The SMILES string of the molecule is Cc1ccc(C)c(OCCC(O)[N-]C(CC2=CC=C3OCCOC3C2)CN2CCCC2)c1. The highest BCUT2D eigenvalue weighted by molar-refractivity contribution is 5.36. The van der Waals surface area contributed by atoms with Crippen molar-refractivity contribution in [3.05, 3.63) is 58.1 Å². The summed E-state index contributed by atoms with van der Waals surface area (Å²) in [5.74, 6) is 1.83. The van der Waals surface area contributed by atoms with Gasteiger partial charge in [0.05, 0.1) is 13.2 Å². The van der Waals surface area contributed by atoms with E-state index in [4.69, 9.17) is 19.5 Å². The fourth-order valence-electron chi connectivity index (χ4n) is 4.68. The summed E-state index contributed by atoms with van der Waals surface area (Å²) in [6, 6.07) is 6.26. The lowest BCUT2D eigenvalue weighted by molar-refractivity contribution is -0.0429. The lowest BCUT2D eigenvalue weighted by atomic mass is 9.94. The van der Waals surface area contributed by atoms with E-state index in [2.05, 4.69) is 30.0 Å². The van der Waals surface area contributed by atoms with Crippen LogP contribution in [-0.2, 0) is 9.47 Å². The quantitative estimate of drug-likeness (QED) is 0.588. The van der Waals surface area contributed by atoms with Crippen LogP contribution in [0.5, 0.6) is 5.75 Å². The monoisotopic (exact) mass is 441 g/mol. The van der Waals surface area contributed by atoms with E-state index in [9.17, 15) is 5.11 Å². The van der Waals surface area contributed by atoms with E-state index in [1.165, 1.54) is 24.0 Å². The molecular weight excluding hydrogens is 404 g/mol. The zero-order valence-corrected chi connectivity index (χ0v) is 19.5. The van der Waals surface area contributed by atoms with Crippen molar-refractivity contribution < 1.29 is 19.3 Å². The summed E-state index contributed by atoms with van der Waals surface area (Å²) < 4.78 is 17.5. The zero-order chi connectivity index (χ0) is 22.3. The molecule has 3 atom stereocenters. The van der Waals surface area contributed by atoms with Crippen LogP contribution in [0.2, 0.25) is 0 Å². The van der Waals surface area contributed by atoms with Gasteiger partial charge in [-0.25, -0.2) is 0 Å². The second-order valence-electron chi connectivity index (χ2n) is 9.21. The molecule has 3 unspecified atom stereocenters. The molecule has 2 saturated heterocycles. The molecule has 4 rings (SSSR count). The predicted octanol–water partition coefficient (Wildman–Crippen LogP) is 4.25. The van der Waals surface area contributed by atoms with Gasteiger partial charge < -0.3 is 29.5 Å². The van der Waals surface area contributed by atoms with Gasteiger partial charge in [-0.05, 0) is 88.7 Å². The number of benzene rings is 1. The second kappa shape index (κ2) is 11.3. The standard InChI is InChI=1S/C26H37N2O4/c1-19-5-6-20(2)24(15-19)30-12-9-26(29)27-22(18-28-10-3-4-11-28)16-21-7-8-23-25(17-21)32-14-13-31-23/h5-8,15,22,25-26,29H,3-4,9-14,16-18H2,1-2H3/q-1. The van der Waals surface area contributed by atoms with Crippen LogP contribution in [0.15, 0.2) is 41.7 Å². The number of rotatable bonds is 10. The number of hydrogen-bond donors (Lipinski definition) is 1. The first-order chi connectivity index (χ1) is 15.6. The summed E-state index contributed by atoms with van der Waals surface area (Å²) >= 11 is 0. The zero-order valence-electron chi connectivity index (χ0n) is 19.5. The van der Waals surface area contributed by atoms with Gasteiger partial charge in [-0.15, -0.1) is 6.04 Å². The molecule has 1 aliphatic carbocycles. The lowest BCUT2D eigenvalue weighted by Gasteiger charge is -2.40. The number of aliphatic hydroxyl groups is 1. The van der Waals surface area contributed by atoms with Crippen LogP contribution in [0.3, 0.4) is 0 Å². The molecule has 176 valence electrons. The summed E-state index contributed by atoms with van der Waals surface area (Å²) in [6.07, 6.45) is 8.20. The molecule has 0 aromatic heterocycles. The van der Waals surface area contributed by atoms with Gasteiger partial charge in [0.1, 0.15) is 24.2 Å². The third kappa shape index (κ3) is 6.58. The molecule has 1 N–H and O–H groups in total. The highest BCUT2D eigenvalue weighted by atomic mass is 16.6. The van der Waals surface area contributed by atoms with Crippen LogP contribution in [0.1, 0.15) is 43.2 Å². The molecule has 0 spiro atoms. The molecule has 0 radical (unpaired) electrons. The summed E-state index contributed by atoms with van der Waals surface area (Å²) in [5, 5.41) is 15.5. The van der Waals surface area contributed by atoms with Crippen LogP contribution in [0.4, 0.5) is 0 Å². The van der Waals surface area contributed by atoms with Gasteiger partial charge in [0.25, 0.3) is 0 Å². The molecule has 0 saturated carbocycles. The summed E-state index contributed by atoms with van der Waals surface area (Å²) in [5.41, 5.74) is 3.60. The van der Waals surface area contributed by atoms with Gasteiger partial charge in [-0.3, -0.25) is 0 Å². The first-order valence-electron chi connectivity index (χ1n) is 12.0. The molecule has 2 heterocycles. The van der Waals surface area contributed by atoms with Gasteiger partial charge in [0, 0.05) is 6.42 Å². The minimum Gasteiger partial charge on any atom is -0.633 e. The number of aliphatic hydroxyl groups excluding tert-OH is 1. The fraction of sp³-hybridized carbons (Fsp3) is 0.615. The molecule has 32 heavy (non-hydrogen) atoms. The van der Waals surface area contributed by atoms with Gasteiger partial charge in [-0.2, -0.15) is 0 Å². The van der Waals surface area contributed by atoms with E-state index < -0.39 is 6.23 Å². The van der Waals surface area contributed by atoms with Crippen molar-refractivity contribution in [3.63, 3.8) is 0 Å². The average Bonchev–Trinajstić information content (AvgIpc) is 3.29. The van der Waals surface area contributed by atoms with Crippen LogP contribution in [0.25, 0.3) is 5.32 Å². The smallest absolute Gasteiger partial charge is 0.125 e. The molecule has 0 bridgehead atoms. The number of likely N-dealkylation sites (tertiary alicyclic amines) is 1. The summed E-state index contributed by atoms with van der Waals surface area (Å²) in [6.45, 7) is 8.98. The van der Waals surface area contributed by atoms with E-state index in [1.807, 2.05) is 19.1 Å². The lowest BCUT2D eigenvalue weighted by Crippen LogP contribution is -2.33. The number of ether oxygens (including phenoxy) is 3. The maximum atomic E-state index is 10.7. The predicted molar refractivity (Wildman–Crippen MR) is 126 cm³/mol. The van der Waals surface area contributed by atoms with Crippen molar-refractivity contribution in [2.45, 2.75) is 64.3 Å². The third-order valence-corrected chi connectivity index (χ3v) is 6.44. The van der Waals surface area contributed by atoms with Crippen LogP contribution in [0, 0.1) is 13.8 Å². The Balaban J connectivity index is 1.31. The van der Waals surface area contributed by atoms with Crippen molar-refractivity contribution >= 4 is 0 Å². The largest absolute Gasteiger partial charge is 0.633 e. The van der Waals surface area contributed by atoms with E-state index in [1.54, 1.807) is 0 Å². The van der Waals surface area contributed by atoms with Gasteiger partial charge in [0.2, 0.25) is 0 Å². The topological polar surface area (TPSA) is 65.3 Å². The maximum Gasteiger partial charge on any atom is 0.125 e. The molecule has 3 aliphatic rings. The molecule has 2 fully saturated rings.